The van der Waals surface area contributed by atoms with E-state index in [2.05, 4.69) is 42.3 Å². The van der Waals surface area contributed by atoms with Gasteiger partial charge in [0.2, 0.25) is 0 Å². The maximum atomic E-state index is 15.7. The normalized spacial score (nSPS) is 15.5. The number of aliphatic imine (C=N–C) groups is 2. The number of aryl methyl sites for hydroxylation is 3. The van der Waals surface area contributed by atoms with Crippen molar-refractivity contribution in [1.29, 1.82) is 0 Å². The van der Waals surface area contributed by atoms with Crippen molar-refractivity contribution >= 4 is 34.6 Å². The largest absolute Gasteiger partial charge is 0.337 e. The zero-order chi connectivity index (χ0) is 27.4. The first-order chi connectivity index (χ1) is 19.5. The van der Waals surface area contributed by atoms with Crippen LogP contribution in [-0.4, -0.2) is 21.5 Å². The van der Waals surface area contributed by atoms with Crippen LogP contribution in [0, 0.1) is 26.6 Å². The van der Waals surface area contributed by atoms with Crippen LogP contribution in [0.4, 0.5) is 27.3 Å². The van der Waals surface area contributed by atoms with E-state index >= 15 is 4.39 Å². The predicted molar refractivity (Wildman–Crippen MR) is 159 cm³/mol. The number of anilines is 2. The van der Waals surface area contributed by atoms with Crippen molar-refractivity contribution in [2.24, 2.45) is 9.98 Å². The Morgan fingerprint density at radius 2 is 1.48 bits per heavy atom. The quantitative estimate of drug-likeness (QED) is 0.262. The Hall–Kier alpha value is -5.04. The van der Waals surface area contributed by atoms with Crippen LogP contribution >= 0.6 is 0 Å². The topological polar surface area (TPSA) is 57.8 Å². The fraction of sp³-hybridized carbons (Fsp3) is 0.121. The number of halogens is 1. The summed E-state index contributed by atoms with van der Waals surface area (Å²) in [7, 11) is 0. The molecule has 0 fully saturated rings. The number of hydrogen-bond donors (Lipinski definition) is 1. The van der Waals surface area contributed by atoms with Gasteiger partial charge in [0.25, 0.3) is 0 Å². The first kappa shape index (κ1) is 24.0. The fourth-order valence-corrected chi connectivity index (χ4v) is 5.72. The van der Waals surface area contributed by atoms with Crippen LogP contribution in [0.25, 0.3) is 5.69 Å². The highest BCUT2D eigenvalue weighted by Gasteiger charge is 2.42. The van der Waals surface area contributed by atoms with Crippen molar-refractivity contribution < 1.29 is 4.39 Å². The summed E-state index contributed by atoms with van der Waals surface area (Å²) in [6.45, 7) is 6.11. The highest BCUT2D eigenvalue weighted by Crippen LogP contribution is 2.48. The Labute approximate surface area is 232 Å². The Bertz CT molecular complexity index is 1820. The van der Waals surface area contributed by atoms with E-state index in [9.17, 15) is 0 Å². The maximum absolute atomic E-state index is 15.7. The molecule has 6 nitrogen and oxygen atoms in total. The van der Waals surface area contributed by atoms with E-state index in [4.69, 9.17) is 15.1 Å². The molecule has 0 spiro atoms. The minimum absolute atomic E-state index is 0.282. The Morgan fingerprint density at radius 3 is 2.25 bits per heavy atom. The molecule has 0 saturated carbocycles. The minimum atomic E-state index is -0.506. The highest BCUT2D eigenvalue weighted by atomic mass is 19.1. The van der Waals surface area contributed by atoms with Gasteiger partial charge < -0.3 is 10.2 Å². The van der Waals surface area contributed by atoms with Gasteiger partial charge in [-0.1, -0.05) is 54.6 Å². The number of para-hydroxylation sites is 3. The number of aromatic nitrogens is 2. The molecule has 2 aliphatic heterocycles. The van der Waals surface area contributed by atoms with Gasteiger partial charge >= 0.3 is 0 Å². The number of nitrogens with zero attached hydrogens (tertiary/aromatic N) is 5. The van der Waals surface area contributed by atoms with E-state index < -0.39 is 6.04 Å². The summed E-state index contributed by atoms with van der Waals surface area (Å²) in [5.41, 5.74) is 7.93. The summed E-state index contributed by atoms with van der Waals surface area (Å²) in [6.07, 6.45) is 0. The minimum Gasteiger partial charge on any atom is -0.337 e. The monoisotopic (exact) mass is 526 g/mol. The molecule has 1 N–H and O–H groups in total. The van der Waals surface area contributed by atoms with Gasteiger partial charge in [0.05, 0.1) is 28.8 Å². The van der Waals surface area contributed by atoms with Gasteiger partial charge in [-0.25, -0.2) is 19.1 Å². The molecule has 40 heavy (non-hydrogen) atoms. The lowest BCUT2D eigenvalue weighted by Gasteiger charge is -2.40. The lowest BCUT2D eigenvalue weighted by atomic mass is 9.93. The molecule has 0 unspecified atom stereocenters. The first-order valence-electron chi connectivity index (χ1n) is 13.3. The van der Waals surface area contributed by atoms with E-state index in [1.807, 2.05) is 78.3 Å². The lowest BCUT2D eigenvalue weighted by molar-refractivity contribution is 0.597. The van der Waals surface area contributed by atoms with Crippen LogP contribution in [0.2, 0.25) is 0 Å². The van der Waals surface area contributed by atoms with Gasteiger partial charge in [0.15, 0.2) is 17.5 Å². The summed E-state index contributed by atoms with van der Waals surface area (Å²) in [5.74, 6) is 1.58. The maximum Gasteiger partial charge on any atom is 0.179 e. The highest BCUT2D eigenvalue weighted by molar-refractivity contribution is 6.51. The van der Waals surface area contributed by atoms with Crippen molar-refractivity contribution in [2.45, 2.75) is 26.8 Å². The second-order valence-electron chi connectivity index (χ2n) is 10.3. The van der Waals surface area contributed by atoms with Crippen LogP contribution in [0.3, 0.4) is 0 Å². The van der Waals surface area contributed by atoms with E-state index in [-0.39, 0.29) is 5.82 Å². The van der Waals surface area contributed by atoms with Crippen molar-refractivity contribution in [2.75, 3.05) is 10.2 Å². The molecular formula is C33H27FN6. The predicted octanol–water partition coefficient (Wildman–Crippen LogP) is 7.73. The van der Waals surface area contributed by atoms with Gasteiger partial charge in [-0.2, -0.15) is 5.10 Å². The third-order valence-electron chi connectivity index (χ3n) is 7.32. The molecule has 7 rings (SSSR count). The van der Waals surface area contributed by atoms with E-state index in [0.29, 0.717) is 23.1 Å². The molecule has 1 aromatic heterocycles. The van der Waals surface area contributed by atoms with Crippen molar-refractivity contribution in [3.63, 3.8) is 0 Å². The zero-order valence-corrected chi connectivity index (χ0v) is 22.4. The zero-order valence-electron chi connectivity index (χ0n) is 22.4. The second kappa shape index (κ2) is 9.31. The third kappa shape index (κ3) is 3.90. The summed E-state index contributed by atoms with van der Waals surface area (Å²) in [6, 6.07) is 30.6. The van der Waals surface area contributed by atoms with Crippen LogP contribution in [-0.2, 0) is 0 Å². The number of amidine groups is 2. The third-order valence-corrected chi connectivity index (χ3v) is 7.32. The average Bonchev–Trinajstić information content (AvgIpc) is 3.28. The average molecular weight is 527 g/mol. The van der Waals surface area contributed by atoms with Crippen molar-refractivity contribution in [1.82, 2.24) is 9.78 Å². The van der Waals surface area contributed by atoms with Crippen LogP contribution < -0.4 is 10.2 Å². The standard InChI is InChI=1S/C33H27FN6/c1-20-17-21(2)19-23(18-20)35-31-33-37-32-29(22(3)38-40(32)24-11-5-4-6-12-24)30(25-13-7-8-14-26(25)34)39(33)28-16-10-9-15-27(28)36-31/h4-19,30H,1-3H3,(H,35,36)/t30-/m1/s1. The summed E-state index contributed by atoms with van der Waals surface area (Å²) < 4.78 is 17.5. The molecule has 0 radical (unpaired) electrons. The fourth-order valence-electron chi connectivity index (χ4n) is 5.72. The number of benzene rings is 4. The number of nitrogens with one attached hydrogen (secondary N) is 1. The van der Waals surface area contributed by atoms with E-state index in [0.717, 1.165) is 45.1 Å². The molecule has 0 aliphatic carbocycles. The van der Waals surface area contributed by atoms with Gasteiger partial charge in [0.1, 0.15) is 5.82 Å². The van der Waals surface area contributed by atoms with E-state index in [1.165, 1.54) is 6.07 Å². The van der Waals surface area contributed by atoms with Gasteiger partial charge in [0, 0.05) is 16.8 Å². The molecule has 196 valence electrons. The Kier molecular flexibility index (Phi) is 5.59. The van der Waals surface area contributed by atoms with E-state index in [1.54, 1.807) is 6.07 Å². The molecule has 2 aliphatic rings. The van der Waals surface area contributed by atoms with Crippen LogP contribution in [0.1, 0.15) is 34.0 Å². The number of hydrogen-bond acceptors (Lipinski definition) is 5. The van der Waals surface area contributed by atoms with Gasteiger partial charge in [-0.15, -0.1) is 0 Å². The molecule has 5 aromatic rings. The molecule has 4 aromatic carbocycles. The molecular weight excluding hydrogens is 499 g/mol. The molecule has 1 atom stereocenters. The van der Waals surface area contributed by atoms with Gasteiger partial charge in [-0.05, 0) is 74.4 Å². The Morgan fingerprint density at radius 1 is 0.775 bits per heavy atom. The van der Waals surface area contributed by atoms with Crippen molar-refractivity contribution in [3.8, 4) is 5.69 Å². The van der Waals surface area contributed by atoms with Crippen LogP contribution in [0.5, 0.6) is 0 Å². The molecule has 0 amide bonds. The van der Waals surface area contributed by atoms with Crippen molar-refractivity contribution in [3.05, 3.63) is 131 Å². The number of rotatable bonds is 3. The van der Waals surface area contributed by atoms with Crippen LogP contribution in [0.15, 0.2) is 107 Å². The SMILES string of the molecule is Cc1cc(C)cc(NC2=Nc3ccccc3N3C2=Nc2c(c(C)nn2-c2ccccc2)[C@H]3c2ccccc2F)c1. The smallest absolute Gasteiger partial charge is 0.179 e. The summed E-state index contributed by atoms with van der Waals surface area (Å²) in [5, 5.41) is 8.45. The molecule has 0 bridgehead atoms. The number of fused-ring (bicyclic) bond motifs is 4. The lowest BCUT2D eigenvalue weighted by Crippen LogP contribution is -2.46. The molecule has 3 heterocycles. The van der Waals surface area contributed by atoms with Gasteiger partial charge in [-0.3, -0.25) is 0 Å². The Balaban J connectivity index is 1.51. The molecule has 7 heteroatoms. The summed E-state index contributed by atoms with van der Waals surface area (Å²) >= 11 is 0. The summed E-state index contributed by atoms with van der Waals surface area (Å²) in [4.78, 5) is 12.3. The molecule has 0 saturated heterocycles. The first-order valence-corrected chi connectivity index (χ1v) is 13.3. The second-order valence-corrected chi connectivity index (χ2v) is 10.3.